The van der Waals surface area contributed by atoms with Crippen LogP contribution >= 0.6 is 0 Å². The molecule has 0 unspecified atom stereocenters. The Balaban J connectivity index is 3.03. The summed E-state index contributed by atoms with van der Waals surface area (Å²) in [5.74, 6) is -1.45. The normalized spacial score (nSPS) is 16.5. The first-order valence-corrected chi connectivity index (χ1v) is 2.66. The van der Waals surface area contributed by atoms with Crippen molar-refractivity contribution in [2.24, 2.45) is 0 Å². The van der Waals surface area contributed by atoms with E-state index in [4.69, 9.17) is 0 Å². The molecule has 5 nitrogen and oxygen atoms in total. The third-order valence-electron chi connectivity index (χ3n) is 1.04. The van der Waals surface area contributed by atoms with Gasteiger partial charge in [-0.05, 0) is 12.2 Å². The lowest BCUT2D eigenvalue weighted by Crippen LogP contribution is -2.14. The van der Waals surface area contributed by atoms with Gasteiger partial charge in [-0.25, -0.2) is 0 Å². The third kappa shape index (κ3) is 1.37. The number of rotatable bonds is 1. The molecule has 0 N–H and O–H groups in total. The van der Waals surface area contributed by atoms with Crippen molar-refractivity contribution in [1.82, 2.24) is 0 Å². The molecule has 0 amide bonds. The molecule has 0 saturated carbocycles. The lowest BCUT2D eigenvalue weighted by molar-refractivity contribution is -0.419. The van der Waals surface area contributed by atoms with Crippen LogP contribution in [-0.2, 0) is 9.59 Å². The summed E-state index contributed by atoms with van der Waals surface area (Å²) in [6, 6.07) is 0. The summed E-state index contributed by atoms with van der Waals surface area (Å²) in [6.45, 7) is 0. The van der Waals surface area contributed by atoms with Gasteiger partial charge in [0.15, 0.2) is 5.78 Å². The van der Waals surface area contributed by atoms with E-state index in [1.54, 1.807) is 0 Å². The number of carbonyl (C=O) groups excluding carboxylic acids is 2. The van der Waals surface area contributed by atoms with Crippen LogP contribution in [-0.4, -0.2) is 16.5 Å². The molecule has 1 aliphatic carbocycles. The van der Waals surface area contributed by atoms with Gasteiger partial charge in [-0.3, -0.25) is 19.7 Å². The van der Waals surface area contributed by atoms with Gasteiger partial charge in [0.2, 0.25) is 0 Å². The molecule has 0 fully saturated rings. The SMILES string of the molecule is O=C1[C]=C([N+](=O)[O-])C(=O)C=C1. The van der Waals surface area contributed by atoms with Crippen molar-refractivity contribution >= 4 is 11.6 Å². The zero-order chi connectivity index (χ0) is 8.43. The van der Waals surface area contributed by atoms with Crippen LogP contribution in [0.5, 0.6) is 0 Å². The predicted octanol–water partition coefficient (Wildman–Crippen LogP) is -0.342. The van der Waals surface area contributed by atoms with E-state index in [-0.39, 0.29) is 0 Å². The van der Waals surface area contributed by atoms with Crippen molar-refractivity contribution < 1.29 is 14.5 Å². The highest BCUT2D eigenvalue weighted by molar-refractivity contribution is 6.13. The lowest BCUT2D eigenvalue weighted by Gasteiger charge is -1.94. The van der Waals surface area contributed by atoms with E-state index in [0.717, 1.165) is 12.2 Å². The molecule has 0 bridgehead atoms. The molecule has 0 aromatic rings. The highest BCUT2D eigenvalue weighted by Gasteiger charge is 2.24. The Kier molecular flexibility index (Phi) is 1.63. The average molecular weight is 152 g/mol. The molecule has 1 radical (unpaired) electrons. The van der Waals surface area contributed by atoms with Crippen molar-refractivity contribution in [3.05, 3.63) is 34.0 Å². The van der Waals surface area contributed by atoms with Crippen molar-refractivity contribution in [3.63, 3.8) is 0 Å². The first kappa shape index (κ1) is 7.33. The van der Waals surface area contributed by atoms with Crippen LogP contribution in [0.3, 0.4) is 0 Å². The summed E-state index contributed by atoms with van der Waals surface area (Å²) < 4.78 is 0. The fraction of sp³-hybridized carbons (Fsp3) is 0. The Bertz CT molecular complexity index is 300. The maximum absolute atomic E-state index is 10.6. The Morgan fingerprint density at radius 1 is 1.36 bits per heavy atom. The molecule has 55 valence electrons. The van der Waals surface area contributed by atoms with E-state index in [0.29, 0.717) is 0 Å². The molecular weight excluding hydrogens is 150 g/mol. The highest BCUT2D eigenvalue weighted by atomic mass is 16.6. The predicted molar refractivity (Wildman–Crippen MR) is 32.9 cm³/mol. The van der Waals surface area contributed by atoms with Crippen molar-refractivity contribution in [1.29, 1.82) is 0 Å². The number of hydrogen-bond donors (Lipinski definition) is 0. The van der Waals surface area contributed by atoms with E-state index < -0.39 is 22.2 Å². The zero-order valence-corrected chi connectivity index (χ0v) is 5.23. The van der Waals surface area contributed by atoms with Crippen molar-refractivity contribution in [2.75, 3.05) is 0 Å². The first-order chi connectivity index (χ1) is 5.11. The van der Waals surface area contributed by atoms with E-state index in [1.807, 2.05) is 6.08 Å². The van der Waals surface area contributed by atoms with Gasteiger partial charge in [-0.15, -0.1) is 0 Å². The Labute approximate surface area is 61.2 Å². The fourth-order valence-electron chi connectivity index (χ4n) is 0.586. The van der Waals surface area contributed by atoms with Gasteiger partial charge in [0.1, 0.15) is 6.08 Å². The summed E-state index contributed by atoms with van der Waals surface area (Å²) in [7, 11) is 0. The molecule has 5 heteroatoms. The number of allylic oxidation sites excluding steroid dienone is 3. The standard InChI is InChI=1S/C6H2NO4/c8-4-1-2-6(9)5(3-4)7(10)11/h1-2H. The molecule has 1 rings (SSSR count). The summed E-state index contributed by atoms with van der Waals surface area (Å²) in [5.41, 5.74) is -0.794. The highest BCUT2D eigenvalue weighted by Crippen LogP contribution is 2.03. The fourth-order valence-corrected chi connectivity index (χ4v) is 0.586. The molecule has 0 heterocycles. The van der Waals surface area contributed by atoms with Gasteiger partial charge < -0.3 is 0 Å². The van der Waals surface area contributed by atoms with Crippen LogP contribution in [0.1, 0.15) is 0 Å². The Morgan fingerprint density at radius 2 is 2.00 bits per heavy atom. The van der Waals surface area contributed by atoms with E-state index >= 15 is 0 Å². The van der Waals surface area contributed by atoms with Crippen molar-refractivity contribution in [2.45, 2.75) is 0 Å². The van der Waals surface area contributed by atoms with Gasteiger partial charge in [-0.2, -0.15) is 0 Å². The molecule has 0 aromatic heterocycles. The maximum Gasteiger partial charge on any atom is 0.328 e. The summed E-state index contributed by atoms with van der Waals surface area (Å²) in [6.07, 6.45) is 3.61. The molecular formula is C6H2NO4. The summed E-state index contributed by atoms with van der Waals surface area (Å²) in [5, 5.41) is 10.0. The molecule has 0 atom stereocenters. The number of hydrogen-bond acceptors (Lipinski definition) is 4. The van der Waals surface area contributed by atoms with Gasteiger partial charge in [-0.1, -0.05) is 0 Å². The number of nitrogens with zero attached hydrogens (tertiary/aromatic N) is 1. The minimum Gasteiger partial charge on any atom is -0.289 e. The largest absolute Gasteiger partial charge is 0.328 e. The molecule has 1 aliphatic rings. The molecule has 0 aromatic carbocycles. The second kappa shape index (κ2) is 2.45. The van der Waals surface area contributed by atoms with E-state index in [9.17, 15) is 19.7 Å². The van der Waals surface area contributed by atoms with Gasteiger partial charge >= 0.3 is 5.70 Å². The van der Waals surface area contributed by atoms with Crippen LogP contribution in [0.4, 0.5) is 0 Å². The minimum atomic E-state index is -0.927. The second-order valence-corrected chi connectivity index (χ2v) is 1.79. The smallest absolute Gasteiger partial charge is 0.289 e. The summed E-state index contributed by atoms with van der Waals surface area (Å²) in [4.78, 5) is 30.1. The van der Waals surface area contributed by atoms with Crippen LogP contribution in [0.2, 0.25) is 0 Å². The minimum absolute atomic E-state index is 0.656. The first-order valence-electron chi connectivity index (χ1n) is 2.66. The van der Waals surface area contributed by atoms with Crippen molar-refractivity contribution in [3.8, 4) is 0 Å². The number of ketones is 2. The molecule has 0 spiro atoms. The van der Waals surface area contributed by atoms with Gasteiger partial charge in [0.05, 0.1) is 4.92 Å². The third-order valence-corrected chi connectivity index (χ3v) is 1.04. The van der Waals surface area contributed by atoms with Gasteiger partial charge in [0, 0.05) is 0 Å². The van der Waals surface area contributed by atoms with Gasteiger partial charge in [0.25, 0.3) is 5.78 Å². The van der Waals surface area contributed by atoms with Crippen LogP contribution in [0.15, 0.2) is 17.8 Å². The zero-order valence-electron chi connectivity index (χ0n) is 5.23. The summed E-state index contributed by atoms with van der Waals surface area (Å²) >= 11 is 0. The Hall–Kier alpha value is -1.78. The Morgan fingerprint density at radius 3 is 2.45 bits per heavy atom. The monoisotopic (exact) mass is 152 g/mol. The average Bonchev–Trinajstić information content (AvgIpc) is 1.94. The topological polar surface area (TPSA) is 77.3 Å². The van der Waals surface area contributed by atoms with E-state index in [2.05, 4.69) is 0 Å². The number of nitro groups is 1. The molecule has 11 heavy (non-hydrogen) atoms. The molecule has 0 aliphatic heterocycles. The van der Waals surface area contributed by atoms with Crippen LogP contribution in [0.25, 0.3) is 0 Å². The van der Waals surface area contributed by atoms with Crippen LogP contribution < -0.4 is 0 Å². The second-order valence-electron chi connectivity index (χ2n) is 1.79. The van der Waals surface area contributed by atoms with E-state index in [1.165, 1.54) is 0 Å². The van der Waals surface area contributed by atoms with Crippen LogP contribution in [0, 0.1) is 16.2 Å². The lowest BCUT2D eigenvalue weighted by atomic mass is 10.1. The maximum atomic E-state index is 10.6. The molecule has 0 saturated heterocycles. The quantitative estimate of drug-likeness (QED) is 0.292. The number of carbonyl (C=O) groups is 2.